The number of anilines is 1. The average molecular weight is 623 g/mol. The minimum atomic E-state index is -1.36. The van der Waals surface area contributed by atoms with E-state index < -0.39 is 17.6 Å². The van der Waals surface area contributed by atoms with Gasteiger partial charge in [-0.3, -0.25) is 9.88 Å². The van der Waals surface area contributed by atoms with Gasteiger partial charge in [0.25, 0.3) is 5.79 Å². The van der Waals surface area contributed by atoms with Gasteiger partial charge in [0.05, 0.1) is 58.1 Å². The second-order valence-corrected chi connectivity index (χ2v) is 12.7. The molecular formula is C33H27FN6O4S. The third kappa shape index (κ3) is 4.67. The Morgan fingerprint density at radius 3 is 2.82 bits per heavy atom. The van der Waals surface area contributed by atoms with Crippen LogP contribution in [-0.4, -0.2) is 55.7 Å². The average Bonchev–Trinajstić information content (AvgIpc) is 3.34. The number of carbonyl (C=O) groups is 1. The summed E-state index contributed by atoms with van der Waals surface area (Å²) in [5.74, 6) is -0.858. The number of ether oxygens (including phenoxy) is 2. The molecule has 1 N–H and O–H groups in total. The number of aromatic nitrogens is 3. The van der Waals surface area contributed by atoms with Crippen LogP contribution in [0.2, 0.25) is 0 Å². The number of halogens is 1. The summed E-state index contributed by atoms with van der Waals surface area (Å²) in [6, 6.07) is 17.7. The van der Waals surface area contributed by atoms with Crippen molar-refractivity contribution in [3.8, 4) is 17.6 Å². The van der Waals surface area contributed by atoms with Crippen LogP contribution in [0.4, 0.5) is 10.1 Å². The summed E-state index contributed by atoms with van der Waals surface area (Å²) >= 11 is 1.56. The van der Waals surface area contributed by atoms with Crippen LogP contribution in [0.5, 0.6) is 11.5 Å². The molecule has 5 aromatic rings. The Bertz CT molecular complexity index is 2020. The maximum absolute atomic E-state index is 15.0. The number of carboxylic acid groups (broad SMARTS) is 1. The lowest BCUT2D eigenvalue weighted by Crippen LogP contribution is -2.46. The van der Waals surface area contributed by atoms with Crippen LogP contribution in [-0.2, 0) is 18.9 Å². The van der Waals surface area contributed by atoms with Crippen LogP contribution >= 0.6 is 11.3 Å². The molecule has 0 spiro atoms. The maximum Gasteiger partial charge on any atom is 0.335 e. The van der Waals surface area contributed by atoms with Crippen LogP contribution in [0.15, 0.2) is 66.3 Å². The highest BCUT2D eigenvalue weighted by Gasteiger charge is 2.51. The largest absolute Gasteiger partial charge is 0.478 e. The Balaban J connectivity index is 1.04. The molecule has 2 aliphatic heterocycles. The van der Waals surface area contributed by atoms with E-state index in [2.05, 4.69) is 19.4 Å². The summed E-state index contributed by atoms with van der Waals surface area (Å²) in [7, 11) is 0. The topological polar surface area (TPSA) is 117 Å². The number of benzene rings is 3. The first-order valence-corrected chi connectivity index (χ1v) is 15.5. The van der Waals surface area contributed by atoms with E-state index in [0.717, 1.165) is 46.9 Å². The Morgan fingerprint density at radius 1 is 1.16 bits per heavy atom. The first-order chi connectivity index (χ1) is 21.8. The fourth-order valence-electron chi connectivity index (χ4n) is 6.62. The lowest BCUT2D eigenvalue weighted by atomic mass is 10.0. The molecule has 3 atom stereocenters. The van der Waals surface area contributed by atoms with Gasteiger partial charge in [-0.25, -0.2) is 14.2 Å². The Hall–Kier alpha value is -4.99. The van der Waals surface area contributed by atoms with Crippen molar-refractivity contribution in [1.29, 1.82) is 5.26 Å². The van der Waals surface area contributed by atoms with Crippen LogP contribution < -0.4 is 14.4 Å². The number of imidazole rings is 1. The number of fused-ring (bicyclic) bond motifs is 3. The number of hydrogen-bond donors (Lipinski definition) is 1. The molecule has 45 heavy (non-hydrogen) atoms. The Kier molecular flexibility index (Phi) is 6.30. The normalized spacial score (nSPS) is 21.9. The van der Waals surface area contributed by atoms with Gasteiger partial charge in [-0.15, -0.1) is 11.3 Å². The van der Waals surface area contributed by atoms with Crippen molar-refractivity contribution in [3.05, 3.63) is 99.5 Å². The van der Waals surface area contributed by atoms with Crippen molar-refractivity contribution in [3.63, 3.8) is 0 Å². The molecule has 2 fully saturated rings. The molecule has 0 unspecified atom stereocenters. The fraction of sp³-hybridized carbons (Fsp3) is 0.273. The molecule has 8 rings (SSSR count). The number of hydrogen-bond acceptors (Lipinski definition) is 9. The predicted octanol–water partition coefficient (Wildman–Crippen LogP) is 5.36. The van der Waals surface area contributed by atoms with Gasteiger partial charge in [-0.1, -0.05) is 6.07 Å². The van der Waals surface area contributed by atoms with Crippen molar-refractivity contribution in [2.24, 2.45) is 0 Å². The predicted molar refractivity (Wildman–Crippen MR) is 164 cm³/mol. The minimum absolute atomic E-state index is 0.231. The Labute approximate surface area is 261 Å². The second-order valence-electron chi connectivity index (χ2n) is 11.7. The number of nitrogens with zero attached hydrogens (tertiary/aromatic N) is 6. The standard InChI is InChI=1S/C33H27FN6O4S/c1-33(22-7-5-19(14-35)11-23(22)34)43-29-4-2-3-25(31(29)44-33)39-10-9-38(27-13-28(27)39)17-30-37-24-8-6-20(32(41)42)12-26(24)40(30)16-21-15-36-18-45-21/h2-8,11-12,15,18,27-28H,9-10,13,16-17H2,1H3,(H,41,42)/t27-,28+,33-/m1/s1. The lowest BCUT2D eigenvalue weighted by molar-refractivity contribution is -0.0705. The zero-order valence-corrected chi connectivity index (χ0v) is 25.0. The fourth-order valence-corrected chi connectivity index (χ4v) is 7.20. The summed E-state index contributed by atoms with van der Waals surface area (Å²) in [5, 5.41) is 18.7. The third-order valence-electron chi connectivity index (χ3n) is 8.89. The second kappa shape index (κ2) is 10.3. The summed E-state index contributed by atoms with van der Waals surface area (Å²) in [5.41, 5.74) is 4.97. The number of carboxylic acids is 1. The van der Waals surface area contributed by atoms with Gasteiger partial charge in [-0.05, 0) is 55.0 Å². The van der Waals surface area contributed by atoms with E-state index in [0.29, 0.717) is 30.6 Å². The number of aromatic carboxylic acids is 1. The van der Waals surface area contributed by atoms with Gasteiger partial charge in [0.2, 0.25) is 0 Å². The highest BCUT2D eigenvalue weighted by molar-refractivity contribution is 7.09. The number of thiazole rings is 1. The quantitative estimate of drug-likeness (QED) is 0.256. The van der Waals surface area contributed by atoms with Gasteiger partial charge in [-0.2, -0.15) is 5.26 Å². The number of nitriles is 1. The molecule has 2 aromatic heterocycles. The summed E-state index contributed by atoms with van der Waals surface area (Å²) < 4.78 is 29.7. The molecule has 226 valence electrons. The molecule has 1 saturated heterocycles. The Morgan fingerprint density at radius 2 is 2.04 bits per heavy atom. The van der Waals surface area contributed by atoms with Gasteiger partial charge in [0.15, 0.2) is 11.5 Å². The molecule has 1 saturated carbocycles. The number of rotatable bonds is 7. The van der Waals surface area contributed by atoms with Crippen molar-refractivity contribution in [1.82, 2.24) is 19.4 Å². The van der Waals surface area contributed by atoms with E-state index in [-0.39, 0.29) is 22.7 Å². The van der Waals surface area contributed by atoms with E-state index in [1.165, 1.54) is 6.07 Å². The molecular weight excluding hydrogens is 595 g/mol. The highest BCUT2D eigenvalue weighted by Crippen LogP contribution is 2.52. The van der Waals surface area contributed by atoms with Crippen molar-refractivity contribution in [2.75, 3.05) is 18.0 Å². The molecule has 0 radical (unpaired) electrons. The SMILES string of the molecule is C[C@@]1(c2ccc(C#N)cc2F)Oc2cccc(N3CCN(Cc4nc5ccc(C(=O)O)cc5n4Cc4cncs4)[C@@H]4C[C@@H]43)c2O1. The third-order valence-corrected chi connectivity index (χ3v) is 9.66. The van der Waals surface area contributed by atoms with Crippen molar-refractivity contribution >= 4 is 34.0 Å². The first kappa shape index (κ1) is 27.6. The highest BCUT2D eigenvalue weighted by atomic mass is 32.1. The zero-order valence-electron chi connectivity index (χ0n) is 24.2. The van der Waals surface area contributed by atoms with Crippen LogP contribution in [0.1, 0.15) is 45.5 Å². The van der Waals surface area contributed by atoms with Crippen LogP contribution in [0, 0.1) is 17.1 Å². The van der Waals surface area contributed by atoms with E-state index >= 15 is 0 Å². The smallest absolute Gasteiger partial charge is 0.335 e. The molecule has 1 aliphatic carbocycles. The monoisotopic (exact) mass is 622 g/mol. The molecule has 0 bridgehead atoms. The van der Waals surface area contributed by atoms with E-state index in [1.807, 2.05) is 30.5 Å². The molecule has 4 heterocycles. The molecule has 0 amide bonds. The summed E-state index contributed by atoms with van der Waals surface area (Å²) in [6.07, 6.45) is 2.81. The molecule has 3 aliphatic rings. The minimum Gasteiger partial charge on any atom is -0.478 e. The van der Waals surface area contributed by atoms with Crippen LogP contribution in [0.25, 0.3) is 11.0 Å². The van der Waals surface area contributed by atoms with E-state index in [9.17, 15) is 14.3 Å². The van der Waals surface area contributed by atoms with Gasteiger partial charge < -0.3 is 24.0 Å². The van der Waals surface area contributed by atoms with Crippen molar-refractivity contribution < 1.29 is 23.8 Å². The first-order valence-electron chi connectivity index (χ1n) is 14.6. The molecule has 10 nitrogen and oxygen atoms in total. The number of para-hydroxylation sites is 1. The summed E-state index contributed by atoms with van der Waals surface area (Å²) in [4.78, 5) is 26.7. The summed E-state index contributed by atoms with van der Waals surface area (Å²) in [6.45, 7) is 4.43. The lowest BCUT2D eigenvalue weighted by Gasteiger charge is -2.36. The van der Waals surface area contributed by atoms with Gasteiger partial charge in [0, 0.05) is 43.2 Å². The zero-order chi connectivity index (χ0) is 30.9. The van der Waals surface area contributed by atoms with Crippen LogP contribution in [0.3, 0.4) is 0 Å². The maximum atomic E-state index is 15.0. The molecule has 3 aromatic carbocycles. The van der Waals surface area contributed by atoms with E-state index in [1.54, 1.807) is 54.1 Å². The number of piperazine rings is 1. The van der Waals surface area contributed by atoms with Gasteiger partial charge in [0.1, 0.15) is 11.6 Å². The van der Waals surface area contributed by atoms with Gasteiger partial charge >= 0.3 is 5.97 Å². The van der Waals surface area contributed by atoms with Crippen molar-refractivity contribution in [2.45, 2.75) is 44.3 Å². The molecule has 12 heteroatoms. The van der Waals surface area contributed by atoms with E-state index in [4.69, 9.17) is 19.7 Å².